The molecule has 106 valence electrons. The van der Waals surface area contributed by atoms with Crippen LogP contribution >= 0.6 is 0 Å². The molecule has 0 spiro atoms. The SMILES string of the molecule is O=C(O)Cc1cn(-c2ccc(F)c(C(F)(F)F)c2)nn1. The van der Waals surface area contributed by atoms with Crippen LogP contribution in [0.3, 0.4) is 0 Å². The van der Waals surface area contributed by atoms with Crippen LogP contribution in [0.25, 0.3) is 5.69 Å². The molecule has 0 aliphatic heterocycles. The first-order valence-electron chi connectivity index (χ1n) is 5.27. The van der Waals surface area contributed by atoms with Crippen molar-refractivity contribution in [3.63, 3.8) is 0 Å². The molecule has 1 heterocycles. The molecule has 0 atom stereocenters. The van der Waals surface area contributed by atoms with Gasteiger partial charge in [-0.3, -0.25) is 4.79 Å². The van der Waals surface area contributed by atoms with E-state index in [0.717, 1.165) is 10.7 Å². The highest BCUT2D eigenvalue weighted by atomic mass is 19.4. The number of nitrogens with zero attached hydrogens (tertiary/aromatic N) is 3. The molecule has 0 radical (unpaired) electrons. The largest absolute Gasteiger partial charge is 0.481 e. The maximum absolute atomic E-state index is 13.1. The van der Waals surface area contributed by atoms with Crippen molar-refractivity contribution >= 4 is 5.97 Å². The number of aliphatic carboxylic acids is 1. The van der Waals surface area contributed by atoms with Crippen LogP contribution in [0.4, 0.5) is 17.6 Å². The van der Waals surface area contributed by atoms with Crippen LogP contribution in [0.2, 0.25) is 0 Å². The average molecular weight is 289 g/mol. The zero-order valence-electron chi connectivity index (χ0n) is 9.73. The summed E-state index contributed by atoms with van der Waals surface area (Å²) >= 11 is 0. The second-order valence-electron chi connectivity index (χ2n) is 3.89. The maximum Gasteiger partial charge on any atom is 0.419 e. The molecule has 9 heteroatoms. The summed E-state index contributed by atoms with van der Waals surface area (Å²) in [5, 5.41) is 15.6. The molecule has 0 saturated carbocycles. The Morgan fingerprint density at radius 1 is 1.35 bits per heavy atom. The molecule has 0 bridgehead atoms. The fraction of sp³-hybridized carbons (Fsp3) is 0.182. The number of alkyl halides is 3. The number of carboxylic acids is 1. The first kappa shape index (κ1) is 14.0. The zero-order valence-corrected chi connectivity index (χ0v) is 9.73. The van der Waals surface area contributed by atoms with Crippen molar-refractivity contribution in [2.75, 3.05) is 0 Å². The molecule has 0 saturated heterocycles. The van der Waals surface area contributed by atoms with Crippen LogP contribution in [-0.2, 0) is 17.4 Å². The van der Waals surface area contributed by atoms with Crippen molar-refractivity contribution < 1.29 is 27.5 Å². The minimum atomic E-state index is -4.83. The average Bonchev–Trinajstić information content (AvgIpc) is 2.75. The summed E-state index contributed by atoms with van der Waals surface area (Å²) in [4.78, 5) is 10.5. The normalized spacial score (nSPS) is 11.6. The minimum absolute atomic E-state index is 0.0668. The first-order chi connectivity index (χ1) is 9.27. The number of halogens is 4. The lowest BCUT2D eigenvalue weighted by Crippen LogP contribution is -2.09. The third-order valence-electron chi connectivity index (χ3n) is 2.39. The van der Waals surface area contributed by atoms with Crippen molar-refractivity contribution in [3.05, 3.63) is 41.5 Å². The Morgan fingerprint density at radius 2 is 2.05 bits per heavy atom. The van der Waals surface area contributed by atoms with Crippen molar-refractivity contribution in [1.82, 2.24) is 15.0 Å². The minimum Gasteiger partial charge on any atom is -0.481 e. The van der Waals surface area contributed by atoms with Crippen LogP contribution in [0.15, 0.2) is 24.4 Å². The molecule has 0 fully saturated rings. The van der Waals surface area contributed by atoms with Crippen LogP contribution < -0.4 is 0 Å². The van der Waals surface area contributed by atoms with Gasteiger partial charge in [-0.1, -0.05) is 5.21 Å². The Kier molecular flexibility index (Phi) is 3.43. The standard InChI is InChI=1S/C11H7F4N3O2/c12-9-2-1-7(4-8(9)11(13,14)15)18-5-6(16-17-18)3-10(19)20/h1-2,4-5H,3H2,(H,19,20). The number of carbonyl (C=O) groups is 1. The number of carboxylic acid groups (broad SMARTS) is 1. The third kappa shape index (κ3) is 2.92. The van der Waals surface area contributed by atoms with Gasteiger partial charge in [0.1, 0.15) is 5.82 Å². The predicted octanol–water partition coefficient (Wildman–Crippen LogP) is 2.05. The van der Waals surface area contributed by atoms with E-state index in [9.17, 15) is 22.4 Å². The number of benzene rings is 1. The molecule has 1 aromatic carbocycles. The van der Waals surface area contributed by atoms with E-state index in [1.165, 1.54) is 6.20 Å². The van der Waals surface area contributed by atoms with E-state index < -0.39 is 29.9 Å². The Hall–Kier alpha value is -2.45. The Labute approximate surface area is 109 Å². The first-order valence-corrected chi connectivity index (χ1v) is 5.27. The van der Waals surface area contributed by atoms with Crippen molar-refractivity contribution in [2.45, 2.75) is 12.6 Å². The van der Waals surface area contributed by atoms with Gasteiger partial charge in [-0.15, -0.1) is 5.10 Å². The Bertz CT molecular complexity index is 651. The van der Waals surface area contributed by atoms with Crippen LogP contribution in [0.5, 0.6) is 0 Å². The van der Waals surface area contributed by atoms with Gasteiger partial charge < -0.3 is 5.11 Å². The van der Waals surface area contributed by atoms with E-state index >= 15 is 0 Å². The molecule has 1 aromatic heterocycles. The van der Waals surface area contributed by atoms with E-state index in [-0.39, 0.29) is 11.4 Å². The van der Waals surface area contributed by atoms with Gasteiger partial charge in [0.25, 0.3) is 0 Å². The second kappa shape index (κ2) is 4.91. The van der Waals surface area contributed by atoms with Gasteiger partial charge in [-0.2, -0.15) is 13.2 Å². The molecule has 0 unspecified atom stereocenters. The highest BCUT2D eigenvalue weighted by Gasteiger charge is 2.34. The molecule has 0 amide bonds. The Balaban J connectivity index is 2.38. The second-order valence-corrected chi connectivity index (χ2v) is 3.89. The quantitative estimate of drug-likeness (QED) is 0.878. The fourth-order valence-electron chi connectivity index (χ4n) is 1.53. The molecule has 1 N–H and O–H groups in total. The molecule has 2 rings (SSSR count). The summed E-state index contributed by atoms with van der Waals surface area (Å²) in [5.41, 5.74) is -1.41. The van der Waals surface area contributed by atoms with E-state index in [4.69, 9.17) is 5.11 Å². The van der Waals surface area contributed by atoms with Gasteiger partial charge in [-0.05, 0) is 18.2 Å². The van der Waals surface area contributed by atoms with Crippen molar-refractivity contribution in [2.24, 2.45) is 0 Å². The summed E-state index contributed by atoms with van der Waals surface area (Å²) in [6.07, 6.45) is -4.07. The maximum atomic E-state index is 13.1. The summed E-state index contributed by atoms with van der Waals surface area (Å²) in [6, 6.07) is 2.33. The lowest BCUT2D eigenvalue weighted by molar-refractivity contribution is -0.140. The predicted molar refractivity (Wildman–Crippen MR) is 57.7 cm³/mol. The van der Waals surface area contributed by atoms with E-state index in [1.807, 2.05) is 0 Å². The number of rotatable bonds is 3. The van der Waals surface area contributed by atoms with Gasteiger partial charge in [0.15, 0.2) is 0 Å². The van der Waals surface area contributed by atoms with Crippen LogP contribution in [-0.4, -0.2) is 26.1 Å². The monoisotopic (exact) mass is 289 g/mol. The van der Waals surface area contributed by atoms with Crippen molar-refractivity contribution in [1.29, 1.82) is 0 Å². The molecule has 5 nitrogen and oxygen atoms in total. The molecular formula is C11H7F4N3O2. The van der Waals surface area contributed by atoms with Crippen molar-refractivity contribution in [3.8, 4) is 5.69 Å². The number of hydrogen-bond acceptors (Lipinski definition) is 3. The van der Waals surface area contributed by atoms with E-state index in [1.54, 1.807) is 0 Å². The highest BCUT2D eigenvalue weighted by molar-refractivity contribution is 5.69. The van der Waals surface area contributed by atoms with Crippen LogP contribution in [0.1, 0.15) is 11.3 Å². The smallest absolute Gasteiger partial charge is 0.419 e. The van der Waals surface area contributed by atoms with Gasteiger partial charge >= 0.3 is 12.1 Å². The summed E-state index contributed by atoms with van der Waals surface area (Å²) < 4.78 is 51.7. The fourth-order valence-corrected chi connectivity index (χ4v) is 1.53. The van der Waals surface area contributed by atoms with Gasteiger partial charge in [0.2, 0.25) is 0 Å². The topological polar surface area (TPSA) is 68.0 Å². The molecule has 20 heavy (non-hydrogen) atoms. The summed E-state index contributed by atoms with van der Waals surface area (Å²) in [6.45, 7) is 0. The van der Waals surface area contributed by atoms with E-state index in [2.05, 4.69) is 10.3 Å². The number of aromatic nitrogens is 3. The molecule has 0 aliphatic carbocycles. The molecule has 0 aliphatic rings. The molecule has 2 aromatic rings. The molecular weight excluding hydrogens is 282 g/mol. The highest BCUT2D eigenvalue weighted by Crippen LogP contribution is 2.32. The number of hydrogen-bond donors (Lipinski definition) is 1. The zero-order chi connectivity index (χ0) is 14.9. The lowest BCUT2D eigenvalue weighted by Gasteiger charge is -2.09. The van der Waals surface area contributed by atoms with Gasteiger partial charge in [0, 0.05) is 0 Å². The third-order valence-corrected chi connectivity index (χ3v) is 2.39. The van der Waals surface area contributed by atoms with Gasteiger partial charge in [-0.25, -0.2) is 9.07 Å². The summed E-state index contributed by atoms with van der Waals surface area (Å²) in [7, 11) is 0. The van der Waals surface area contributed by atoms with E-state index in [0.29, 0.717) is 12.1 Å². The lowest BCUT2D eigenvalue weighted by atomic mass is 10.2. The van der Waals surface area contributed by atoms with Crippen LogP contribution in [0, 0.1) is 5.82 Å². The summed E-state index contributed by atoms with van der Waals surface area (Å²) in [5.74, 6) is -2.54. The Morgan fingerprint density at radius 3 is 2.65 bits per heavy atom. The van der Waals surface area contributed by atoms with Gasteiger partial charge in [0.05, 0.1) is 29.6 Å².